The molecule has 2 heterocycles. The highest BCUT2D eigenvalue weighted by Gasteiger charge is 2.26. The van der Waals surface area contributed by atoms with Crippen molar-refractivity contribution in [3.8, 4) is 0 Å². The van der Waals surface area contributed by atoms with Crippen LogP contribution in [-0.4, -0.2) is 42.8 Å². The molecule has 2 aliphatic heterocycles. The molecule has 2 rings (SSSR count). The minimum atomic E-state index is 0.120. The zero-order valence-electron chi connectivity index (χ0n) is 10.8. The van der Waals surface area contributed by atoms with Crippen LogP contribution in [0.15, 0.2) is 0 Å². The Labute approximate surface area is 104 Å². The van der Waals surface area contributed by atoms with Gasteiger partial charge in [0.1, 0.15) is 0 Å². The SMILES string of the molecule is CCC1CCCCCN1C(=O)NC1CCOC1. The number of rotatable bonds is 2. The quantitative estimate of drug-likeness (QED) is 0.803. The molecule has 4 heteroatoms. The first kappa shape index (κ1) is 12.7. The Kier molecular flexibility index (Phi) is 4.66. The summed E-state index contributed by atoms with van der Waals surface area (Å²) >= 11 is 0. The average molecular weight is 240 g/mol. The van der Waals surface area contributed by atoms with E-state index in [1.807, 2.05) is 4.90 Å². The second kappa shape index (κ2) is 6.24. The Balaban J connectivity index is 1.89. The van der Waals surface area contributed by atoms with Crippen LogP contribution in [0.3, 0.4) is 0 Å². The van der Waals surface area contributed by atoms with E-state index in [-0.39, 0.29) is 12.1 Å². The maximum atomic E-state index is 12.2. The van der Waals surface area contributed by atoms with Gasteiger partial charge in [0, 0.05) is 19.2 Å². The van der Waals surface area contributed by atoms with Gasteiger partial charge in [-0.05, 0) is 25.7 Å². The van der Waals surface area contributed by atoms with Crippen LogP contribution in [0.2, 0.25) is 0 Å². The lowest BCUT2D eigenvalue weighted by Gasteiger charge is -2.30. The fraction of sp³-hybridized carbons (Fsp3) is 0.923. The van der Waals surface area contributed by atoms with Gasteiger partial charge in [-0.15, -0.1) is 0 Å². The zero-order valence-corrected chi connectivity index (χ0v) is 10.8. The number of likely N-dealkylation sites (tertiary alicyclic amines) is 1. The van der Waals surface area contributed by atoms with Crippen LogP contribution >= 0.6 is 0 Å². The van der Waals surface area contributed by atoms with Gasteiger partial charge < -0.3 is 15.0 Å². The average Bonchev–Trinajstić information content (AvgIpc) is 2.71. The van der Waals surface area contributed by atoms with E-state index in [2.05, 4.69) is 12.2 Å². The van der Waals surface area contributed by atoms with Gasteiger partial charge in [-0.1, -0.05) is 19.8 Å². The highest BCUT2D eigenvalue weighted by Crippen LogP contribution is 2.19. The molecule has 2 atom stereocenters. The summed E-state index contributed by atoms with van der Waals surface area (Å²) in [4.78, 5) is 14.3. The topological polar surface area (TPSA) is 41.6 Å². The van der Waals surface area contributed by atoms with E-state index >= 15 is 0 Å². The summed E-state index contributed by atoms with van der Waals surface area (Å²) in [6, 6.07) is 0.775. The zero-order chi connectivity index (χ0) is 12.1. The van der Waals surface area contributed by atoms with Crippen LogP contribution in [0.1, 0.15) is 45.4 Å². The van der Waals surface area contributed by atoms with Crippen LogP contribution in [0, 0.1) is 0 Å². The molecule has 0 aliphatic carbocycles. The molecule has 0 saturated carbocycles. The standard InChI is InChI=1S/C13H24N2O2/c1-2-12-6-4-3-5-8-15(12)13(16)14-11-7-9-17-10-11/h11-12H,2-10H2,1H3,(H,14,16). The van der Waals surface area contributed by atoms with E-state index in [4.69, 9.17) is 4.74 Å². The lowest BCUT2D eigenvalue weighted by Crippen LogP contribution is -2.49. The summed E-state index contributed by atoms with van der Waals surface area (Å²) in [5.41, 5.74) is 0. The fourth-order valence-corrected chi connectivity index (χ4v) is 2.78. The minimum Gasteiger partial charge on any atom is -0.379 e. The van der Waals surface area contributed by atoms with Gasteiger partial charge in [-0.3, -0.25) is 0 Å². The lowest BCUT2D eigenvalue weighted by molar-refractivity contribution is 0.163. The third kappa shape index (κ3) is 3.35. The molecule has 0 bridgehead atoms. The summed E-state index contributed by atoms with van der Waals surface area (Å²) in [7, 11) is 0. The normalized spacial score (nSPS) is 30.1. The number of carbonyl (C=O) groups excluding carboxylic acids is 1. The van der Waals surface area contributed by atoms with Crippen molar-refractivity contribution in [2.45, 2.75) is 57.5 Å². The first-order valence-electron chi connectivity index (χ1n) is 6.96. The number of ether oxygens (including phenoxy) is 1. The second-order valence-electron chi connectivity index (χ2n) is 5.11. The predicted octanol–water partition coefficient (Wildman–Crippen LogP) is 2.14. The Morgan fingerprint density at radius 3 is 2.94 bits per heavy atom. The number of nitrogens with one attached hydrogen (secondary N) is 1. The summed E-state index contributed by atoms with van der Waals surface area (Å²) in [5.74, 6) is 0. The van der Waals surface area contributed by atoms with E-state index in [1.54, 1.807) is 0 Å². The monoisotopic (exact) mass is 240 g/mol. The Morgan fingerprint density at radius 1 is 1.35 bits per heavy atom. The Bertz CT molecular complexity index is 252. The van der Waals surface area contributed by atoms with Crippen molar-refractivity contribution in [2.24, 2.45) is 0 Å². The third-order valence-electron chi connectivity index (χ3n) is 3.87. The molecule has 0 spiro atoms. The first-order chi connectivity index (χ1) is 8.31. The maximum absolute atomic E-state index is 12.2. The number of hydrogen-bond donors (Lipinski definition) is 1. The van der Waals surface area contributed by atoms with Gasteiger partial charge in [-0.25, -0.2) is 4.79 Å². The van der Waals surface area contributed by atoms with Crippen molar-refractivity contribution < 1.29 is 9.53 Å². The molecule has 0 aromatic heterocycles. The largest absolute Gasteiger partial charge is 0.379 e. The predicted molar refractivity (Wildman–Crippen MR) is 67.0 cm³/mol. The molecule has 0 aromatic carbocycles. The van der Waals surface area contributed by atoms with E-state index in [0.717, 1.165) is 38.8 Å². The second-order valence-corrected chi connectivity index (χ2v) is 5.11. The van der Waals surface area contributed by atoms with E-state index in [1.165, 1.54) is 12.8 Å². The maximum Gasteiger partial charge on any atom is 0.317 e. The third-order valence-corrected chi connectivity index (χ3v) is 3.87. The first-order valence-corrected chi connectivity index (χ1v) is 6.96. The van der Waals surface area contributed by atoms with Crippen LogP contribution in [0.5, 0.6) is 0 Å². The molecule has 2 saturated heterocycles. The minimum absolute atomic E-state index is 0.120. The molecule has 2 aliphatic rings. The molecule has 98 valence electrons. The molecule has 2 fully saturated rings. The molecule has 0 aromatic rings. The number of nitrogens with zero attached hydrogens (tertiary/aromatic N) is 1. The van der Waals surface area contributed by atoms with E-state index < -0.39 is 0 Å². The van der Waals surface area contributed by atoms with Gasteiger partial charge in [-0.2, -0.15) is 0 Å². The Morgan fingerprint density at radius 2 is 2.24 bits per heavy atom. The Hall–Kier alpha value is -0.770. The molecule has 2 unspecified atom stereocenters. The molecular formula is C13H24N2O2. The summed E-state index contributed by atoms with van der Waals surface area (Å²) < 4.78 is 5.29. The molecular weight excluding hydrogens is 216 g/mol. The van der Waals surface area contributed by atoms with Crippen LogP contribution in [0.25, 0.3) is 0 Å². The van der Waals surface area contributed by atoms with Gasteiger partial charge in [0.25, 0.3) is 0 Å². The molecule has 0 radical (unpaired) electrons. The molecule has 2 amide bonds. The summed E-state index contributed by atoms with van der Waals surface area (Å²) in [6.45, 7) is 4.55. The summed E-state index contributed by atoms with van der Waals surface area (Å²) in [6.07, 6.45) is 6.84. The van der Waals surface area contributed by atoms with E-state index in [9.17, 15) is 4.79 Å². The van der Waals surface area contributed by atoms with Crippen molar-refractivity contribution in [1.82, 2.24) is 10.2 Å². The fourth-order valence-electron chi connectivity index (χ4n) is 2.78. The van der Waals surface area contributed by atoms with Crippen molar-refractivity contribution >= 4 is 6.03 Å². The van der Waals surface area contributed by atoms with Gasteiger partial charge in [0.05, 0.1) is 12.6 Å². The van der Waals surface area contributed by atoms with Crippen LogP contribution < -0.4 is 5.32 Å². The number of carbonyl (C=O) groups is 1. The molecule has 4 nitrogen and oxygen atoms in total. The number of amides is 2. The summed E-state index contributed by atoms with van der Waals surface area (Å²) in [5, 5.41) is 3.10. The number of urea groups is 1. The molecule has 1 N–H and O–H groups in total. The van der Waals surface area contributed by atoms with Gasteiger partial charge >= 0.3 is 6.03 Å². The van der Waals surface area contributed by atoms with E-state index in [0.29, 0.717) is 12.6 Å². The smallest absolute Gasteiger partial charge is 0.317 e. The van der Waals surface area contributed by atoms with Crippen LogP contribution in [-0.2, 0) is 4.74 Å². The van der Waals surface area contributed by atoms with Gasteiger partial charge in [0.2, 0.25) is 0 Å². The van der Waals surface area contributed by atoms with Crippen molar-refractivity contribution in [3.63, 3.8) is 0 Å². The highest BCUT2D eigenvalue weighted by molar-refractivity contribution is 5.75. The number of hydrogen-bond acceptors (Lipinski definition) is 2. The van der Waals surface area contributed by atoms with Gasteiger partial charge in [0.15, 0.2) is 0 Å². The highest BCUT2D eigenvalue weighted by atomic mass is 16.5. The lowest BCUT2D eigenvalue weighted by atomic mass is 10.1. The van der Waals surface area contributed by atoms with Crippen molar-refractivity contribution in [3.05, 3.63) is 0 Å². The van der Waals surface area contributed by atoms with Crippen molar-refractivity contribution in [2.75, 3.05) is 19.8 Å². The molecule has 17 heavy (non-hydrogen) atoms. The van der Waals surface area contributed by atoms with Crippen LogP contribution in [0.4, 0.5) is 4.79 Å². The van der Waals surface area contributed by atoms with Crippen molar-refractivity contribution in [1.29, 1.82) is 0 Å².